The molecule has 8 heteroatoms. The molecule has 1 aliphatic rings. The summed E-state index contributed by atoms with van der Waals surface area (Å²) in [6.45, 7) is 6.84. The minimum Gasteiger partial charge on any atom is -0.450 e. The number of likely N-dealkylation sites (tertiary alicyclic amines) is 1. The third-order valence-corrected chi connectivity index (χ3v) is 5.52. The minimum absolute atomic E-state index is 0.224. The van der Waals surface area contributed by atoms with Gasteiger partial charge in [0.1, 0.15) is 5.60 Å². The fourth-order valence-corrected chi connectivity index (χ4v) is 3.73. The number of carbonyl (C=O) groups is 2. The third kappa shape index (κ3) is 5.92. The Hall–Kier alpha value is -1.66. The molecule has 1 aromatic carbocycles. The molecule has 1 saturated heterocycles. The van der Waals surface area contributed by atoms with E-state index in [0.29, 0.717) is 29.6 Å². The Balaban J connectivity index is 2.27. The van der Waals surface area contributed by atoms with Gasteiger partial charge in [-0.1, -0.05) is 29.3 Å². The highest BCUT2D eigenvalue weighted by atomic mass is 35.5. The first-order valence-corrected chi connectivity index (χ1v) is 10.1. The average molecular weight is 431 g/mol. The second-order valence-electron chi connectivity index (χ2n) is 8.05. The maximum absolute atomic E-state index is 12.6. The van der Waals surface area contributed by atoms with Gasteiger partial charge in [-0.05, 0) is 57.7 Å². The zero-order valence-electron chi connectivity index (χ0n) is 16.8. The van der Waals surface area contributed by atoms with E-state index in [2.05, 4.69) is 5.32 Å². The number of piperidine rings is 1. The molecule has 0 aliphatic carbocycles. The first-order chi connectivity index (χ1) is 13.1. The molecular weight excluding hydrogens is 403 g/mol. The van der Waals surface area contributed by atoms with Crippen LogP contribution in [0.25, 0.3) is 0 Å². The molecule has 6 nitrogen and oxygen atoms in total. The van der Waals surface area contributed by atoms with Gasteiger partial charge in [-0.2, -0.15) is 0 Å². The number of carbonyl (C=O) groups excluding carboxylic acids is 2. The van der Waals surface area contributed by atoms with Gasteiger partial charge in [-0.15, -0.1) is 0 Å². The Bertz CT molecular complexity index is 721. The second kappa shape index (κ2) is 9.23. The van der Waals surface area contributed by atoms with Crippen LogP contribution in [0.3, 0.4) is 0 Å². The lowest BCUT2D eigenvalue weighted by Gasteiger charge is -2.43. The van der Waals surface area contributed by atoms with Gasteiger partial charge in [0.2, 0.25) is 0 Å². The highest BCUT2D eigenvalue weighted by molar-refractivity contribution is 6.42. The average Bonchev–Trinajstić information content (AvgIpc) is 2.62. The van der Waals surface area contributed by atoms with Crippen molar-refractivity contribution in [2.75, 3.05) is 26.7 Å². The Morgan fingerprint density at radius 3 is 2.57 bits per heavy atom. The Labute approximate surface area is 176 Å². The molecule has 2 rings (SSSR count). The van der Waals surface area contributed by atoms with Crippen LogP contribution in [-0.4, -0.2) is 49.4 Å². The van der Waals surface area contributed by atoms with Gasteiger partial charge < -0.3 is 19.7 Å². The molecule has 0 saturated carbocycles. The van der Waals surface area contributed by atoms with Crippen LogP contribution in [0.5, 0.6) is 0 Å². The molecule has 0 spiro atoms. The highest BCUT2D eigenvalue weighted by Gasteiger charge is 2.40. The van der Waals surface area contributed by atoms with Gasteiger partial charge in [0, 0.05) is 25.6 Å². The smallest absolute Gasteiger partial charge is 0.410 e. The highest BCUT2D eigenvalue weighted by Crippen LogP contribution is 2.40. The molecular formula is C20H28Cl2N2O4. The van der Waals surface area contributed by atoms with Crippen LogP contribution in [0, 0.1) is 0 Å². The van der Waals surface area contributed by atoms with Crippen LogP contribution in [-0.2, 0) is 14.9 Å². The fraction of sp³-hybridized carbons (Fsp3) is 0.600. The molecule has 1 unspecified atom stereocenters. The monoisotopic (exact) mass is 430 g/mol. The molecule has 0 bridgehead atoms. The van der Waals surface area contributed by atoms with E-state index >= 15 is 0 Å². The summed E-state index contributed by atoms with van der Waals surface area (Å²) in [5.41, 5.74) is -0.00352. The molecule has 1 fully saturated rings. The van der Waals surface area contributed by atoms with Gasteiger partial charge in [0.05, 0.1) is 16.7 Å². The molecule has 156 valence electrons. The number of benzene rings is 1. The normalized spacial score (nSPS) is 19.9. The lowest BCUT2D eigenvalue weighted by atomic mass is 9.72. The Kier molecular flexibility index (Phi) is 7.46. The lowest BCUT2D eigenvalue weighted by Crippen LogP contribution is -2.50. The lowest BCUT2D eigenvalue weighted by molar-refractivity contribution is 0.0108. The largest absolute Gasteiger partial charge is 0.450 e. The molecule has 2 amide bonds. The van der Waals surface area contributed by atoms with Crippen molar-refractivity contribution in [2.24, 2.45) is 0 Å². The summed E-state index contributed by atoms with van der Waals surface area (Å²) in [6, 6.07) is 5.52. The Morgan fingerprint density at radius 2 is 1.96 bits per heavy atom. The number of hydrogen-bond acceptors (Lipinski definition) is 4. The van der Waals surface area contributed by atoms with Gasteiger partial charge >= 0.3 is 12.2 Å². The van der Waals surface area contributed by atoms with E-state index in [1.54, 1.807) is 11.0 Å². The van der Waals surface area contributed by atoms with Gasteiger partial charge in [-0.25, -0.2) is 9.59 Å². The fourth-order valence-electron chi connectivity index (χ4n) is 3.44. The zero-order chi connectivity index (χ0) is 20.9. The van der Waals surface area contributed by atoms with E-state index in [1.165, 1.54) is 7.05 Å². The second-order valence-corrected chi connectivity index (χ2v) is 8.86. The molecule has 1 N–H and O–H groups in total. The van der Waals surface area contributed by atoms with Crippen molar-refractivity contribution in [3.8, 4) is 0 Å². The molecule has 1 aromatic rings. The number of hydrogen-bond donors (Lipinski definition) is 1. The quantitative estimate of drug-likeness (QED) is 0.728. The van der Waals surface area contributed by atoms with Crippen molar-refractivity contribution < 1.29 is 19.1 Å². The van der Waals surface area contributed by atoms with Crippen LogP contribution in [0.2, 0.25) is 10.0 Å². The van der Waals surface area contributed by atoms with Crippen molar-refractivity contribution in [2.45, 2.75) is 51.0 Å². The standard InChI is InChI=1S/C20H28Cl2N2O4/c1-19(2,3)28-18(26)24-10-5-8-20(13-24,9-11-27-17(25)23-4)14-6-7-15(21)16(22)12-14/h6-7,12H,5,8-11,13H2,1-4H3,(H,23,25). The maximum Gasteiger partial charge on any atom is 0.410 e. The number of halogens is 2. The molecule has 28 heavy (non-hydrogen) atoms. The van der Waals surface area contributed by atoms with E-state index in [1.807, 2.05) is 32.9 Å². The first kappa shape index (κ1) is 22.6. The van der Waals surface area contributed by atoms with Crippen molar-refractivity contribution in [1.82, 2.24) is 10.2 Å². The zero-order valence-corrected chi connectivity index (χ0v) is 18.3. The molecule has 0 aromatic heterocycles. The number of nitrogens with zero attached hydrogens (tertiary/aromatic N) is 1. The maximum atomic E-state index is 12.6. The summed E-state index contributed by atoms with van der Waals surface area (Å²) in [7, 11) is 1.52. The van der Waals surface area contributed by atoms with Crippen LogP contribution in [0.4, 0.5) is 9.59 Å². The van der Waals surface area contributed by atoms with Crippen LogP contribution in [0.15, 0.2) is 18.2 Å². The van der Waals surface area contributed by atoms with Crippen LogP contribution < -0.4 is 5.32 Å². The molecule has 1 heterocycles. The molecule has 1 aliphatic heterocycles. The Morgan fingerprint density at radius 1 is 1.25 bits per heavy atom. The van der Waals surface area contributed by atoms with Crippen molar-refractivity contribution >= 4 is 35.4 Å². The summed E-state index contributed by atoms with van der Waals surface area (Å²) < 4.78 is 10.8. The van der Waals surface area contributed by atoms with Crippen LogP contribution >= 0.6 is 23.2 Å². The van der Waals surface area contributed by atoms with E-state index in [-0.39, 0.29) is 12.7 Å². The summed E-state index contributed by atoms with van der Waals surface area (Å²) in [4.78, 5) is 25.8. The van der Waals surface area contributed by atoms with Gasteiger partial charge in [-0.3, -0.25) is 0 Å². The van der Waals surface area contributed by atoms with E-state index in [9.17, 15) is 9.59 Å². The minimum atomic E-state index is -0.566. The van der Waals surface area contributed by atoms with Crippen molar-refractivity contribution in [1.29, 1.82) is 0 Å². The number of nitrogens with one attached hydrogen (secondary N) is 1. The summed E-state index contributed by atoms with van der Waals surface area (Å²) in [5, 5.41) is 3.37. The molecule has 0 radical (unpaired) electrons. The predicted molar refractivity (Wildman–Crippen MR) is 110 cm³/mol. The number of ether oxygens (including phenoxy) is 2. The van der Waals surface area contributed by atoms with Crippen LogP contribution in [0.1, 0.15) is 45.6 Å². The summed E-state index contributed by atoms with van der Waals surface area (Å²) >= 11 is 12.3. The number of amides is 2. The van der Waals surface area contributed by atoms with Gasteiger partial charge in [0.15, 0.2) is 0 Å². The van der Waals surface area contributed by atoms with E-state index in [4.69, 9.17) is 32.7 Å². The van der Waals surface area contributed by atoms with Crippen molar-refractivity contribution in [3.05, 3.63) is 33.8 Å². The van der Waals surface area contributed by atoms with E-state index in [0.717, 1.165) is 18.4 Å². The number of alkyl carbamates (subject to hydrolysis) is 1. The van der Waals surface area contributed by atoms with Crippen molar-refractivity contribution in [3.63, 3.8) is 0 Å². The predicted octanol–water partition coefficient (Wildman–Crippen LogP) is 5.01. The summed E-state index contributed by atoms with van der Waals surface area (Å²) in [6.07, 6.45) is 1.37. The third-order valence-electron chi connectivity index (χ3n) is 4.78. The SMILES string of the molecule is CNC(=O)OCCC1(c2ccc(Cl)c(Cl)c2)CCCN(C(=O)OC(C)(C)C)C1. The summed E-state index contributed by atoms with van der Waals surface area (Å²) in [5.74, 6) is 0. The van der Waals surface area contributed by atoms with Gasteiger partial charge in [0.25, 0.3) is 0 Å². The molecule has 1 atom stereocenters. The first-order valence-electron chi connectivity index (χ1n) is 9.34. The topological polar surface area (TPSA) is 67.9 Å². The van der Waals surface area contributed by atoms with E-state index < -0.39 is 17.1 Å². The number of rotatable bonds is 4.